The number of Topliss-reactive ketones (excluding diaryl/α,β-unsaturated/α-hetero) is 1. The molecule has 0 aliphatic carbocycles. The van der Waals surface area contributed by atoms with Gasteiger partial charge in [0.05, 0.1) is 0 Å². The number of carbonyl (C=O) groups excluding carboxylic acids is 1. The summed E-state index contributed by atoms with van der Waals surface area (Å²) in [5.41, 5.74) is 0.406. The van der Waals surface area contributed by atoms with Crippen molar-refractivity contribution in [3.63, 3.8) is 0 Å². The molecule has 0 saturated carbocycles. The molecule has 2 heteroatoms. The molecule has 0 atom stereocenters. The summed E-state index contributed by atoms with van der Waals surface area (Å²) in [6.07, 6.45) is 3.83. The van der Waals surface area contributed by atoms with Gasteiger partial charge in [0, 0.05) is 19.6 Å². The van der Waals surface area contributed by atoms with Crippen molar-refractivity contribution in [2.24, 2.45) is 5.41 Å². The summed E-state index contributed by atoms with van der Waals surface area (Å²) in [5, 5.41) is 0. The molecule has 0 heterocycles. The molecule has 14 heavy (non-hydrogen) atoms. The van der Waals surface area contributed by atoms with E-state index in [9.17, 15) is 4.79 Å². The third-order valence-corrected chi connectivity index (χ3v) is 2.03. The van der Waals surface area contributed by atoms with Gasteiger partial charge < -0.3 is 9.53 Å². The molecule has 0 fully saturated rings. The average Bonchev–Trinajstić information content (AvgIpc) is 2.00. The molecule has 0 aromatic carbocycles. The van der Waals surface area contributed by atoms with Gasteiger partial charge >= 0.3 is 0 Å². The van der Waals surface area contributed by atoms with Crippen molar-refractivity contribution in [1.29, 1.82) is 0 Å². The van der Waals surface area contributed by atoms with E-state index in [4.69, 9.17) is 4.74 Å². The van der Waals surface area contributed by atoms with E-state index in [1.165, 1.54) is 6.42 Å². The molecule has 0 rings (SSSR count). The first kappa shape index (κ1) is 13.6. The normalized spacial score (nSPS) is 11.7. The number of ketones is 1. The van der Waals surface area contributed by atoms with Gasteiger partial charge in [-0.25, -0.2) is 0 Å². The molecule has 0 bridgehead atoms. The molecule has 0 aromatic heterocycles. The number of hydrogen-bond acceptors (Lipinski definition) is 2. The highest BCUT2D eigenvalue weighted by Crippen LogP contribution is 2.20. The lowest BCUT2D eigenvalue weighted by Crippen LogP contribution is -2.07. The highest BCUT2D eigenvalue weighted by Gasteiger charge is 2.08. The summed E-state index contributed by atoms with van der Waals surface area (Å²) in [5.74, 6) is 0.253. The molecule has 84 valence electrons. The molecule has 0 aliphatic rings. The van der Waals surface area contributed by atoms with E-state index in [0.717, 1.165) is 26.1 Å². The molecule has 0 radical (unpaired) electrons. The topological polar surface area (TPSA) is 26.3 Å². The minimum Gasteiger partial charge on any atom is -0.381 e. The quantitative estimate of drug-likeness (QED) is 0.590. The van der Waals surface area contributed by atoms with E-state index in [-0.39, 0.29) is 5.78 Å². The van der Waals surface area contributed by atoms with E-state index >= 15 is 0 Å². The van der Waals surface area contributed by atoms with Crippen LogP contribution in [0.2, 0.25) is 0 Å². The van der Waals surface area contributed by atoms with Gasteiger partial charge in [-0.15, -0.1) is 0 Å². The van der Waals surface area contributed by atoms with Gasteiger partial charge in [-0.1, -0.05) is 20.8 Å². The van der Waals surface area contributed by atoms with Gasteiger partial charge in [0.1, 0.15) is 5.78 Å². The van der Waals surface area contributed by atoms with E-state index < -0.39 is 0 Å². The van der Waals surface area contributed by atoms with E-state index in [1.54, 1.807) is 6.92 Å². The Morgan fingerprint density at radius 2 is 1.71 bits per heavy atom. The summed E-state index contributed by atoms with van der Waals surface area (Å²) in [4.78, 5) is 10.6. The Balaban J connectivity index is 3.11. The Bertz CT molecular complexity index is 156. The van der Waals surface area contributed by atoms with Crippen LogP contribution in [0.3, 0.4) is 0 Å². The molecule has 0 aliphatic heterocycles. The minimum absolute atomic E-state index is 0.253. The van der Waals surface area contributed by atoms with Crippen LogP contribution in [0.15, 0.2) is 0 Å². The number of carbonyl (C=O) groups is 1. The minimum atomic E-state index is 0.253. The predicted molar refractivity (Wildman–Crippen MR) is 59.4 cm³/mol. The second kappa shape index (κ2) is 6.99. The van der Waals surface area contributed by atoms with Crippen molar-refractivity contribution in [1.82, 2.24) is 0 Å². The number of rotatable bonds is 7. The van der Waals surface area contributed by atoms with Crippen LogP contribution in [0, 0.1) is 5.41 Å². The highest BCUT2D eigenvalue weighted by molar-refractivity contribution is 5.75. The predicted octanol–water partition coefficient (Wildman–Crippen LogP) is 3.20. The monoisotopic (exact) mass is 200 g/mol. The standard InChI is InChI=1S/C12H24O2/c1-11(13)7-5-9-14-10-6-8-12(2,3)4/h5-10H2,1-4H3. The Labute approximate surface area is 88.0 Å². The van der Waals surface area contributed by atoms with Crippen molar-refractivity contribution in [3.05, 3.63) is 0 Å². The molecule has 0 unspecified atom stereocenters. The highest BCUT2D eigenvalue weighted by atomic mass is 16.5. The van der Waals surface area contributed by atoms with Crippen molar-refractivity contribution < 1.29 is 9.53 Å². The zero-order chi connectivity index (χ0) is 11.0. The lowest BCUT2D eigenvalue weighted by atomic mass is 9.91. The molecular weight excluding hydrogens is 176 g/mol. The van der Waals surface area contributed by atoms with E-state index in [1.807, 2.05) is 0 Å². The van der Waals surface area contributed by atoms with Crippen LogP contribution >= 0.6 is 0 Å². The van der Waals surface area contributed by atoms with Gasteiger partial charge in [-0.2, -0.15) is 0 Å². The van der Waals surface area contributed by atoms with Crippen LogP contribution in [-0.2, 0) is 9.53 Å². The molecule has 0 N–H and O–H groups in total. The first-order valence-electron chi connectivity index (χ1n) is 5.49. The van der Waals surface area contributed by atoms with Crippen LogP contribution in [0.5, 0.6) is 0 Å². The maximum absolute atomic E-state index is 10.6. The summed E-state index contributed by atoms with van der Waals surface area (Å²) in [6.45, 7) is 9.90. The lowest BCUT2D eigenvalue weighted by Gasteiger charge is -2.17. The van der Waals surface area contributed by atoms with Crippen LogP contribution in [0.1, 0.15) is 53.4 Å². The zero-order valence-corrected chi connectivity index (χ0v) is 10.1. The first-order chi connectivity index (χ1) is 6.42. The van der Waals surface area contributed by atoms with Crippen molar-refractivity contribution in [2.75, 3.05) is 13.2 Å². The van der Waals surface area contributed by atoms with Gasteiger partial charge in [0.15, 0.2) is 0 Å². The number of hydrogen-bond donors (Lipinski definition) is 0. The smallest absolute Gasteiger partial charge is 0.129 e. The van der Waals surface area contributed by atoms with E-state index in [0.29, 0.717) is 11.8 Å². The average molecular weight is 200 g/mol. The van der Waals surface area contributed by atoms with Crippen molar-refractivity contribution >= 4 is 5.78 Å². The fraction of sp³-hybridized carbons (Fsp3) is 0.917. The molecule has 0 amide bonds. The fourth-order valence-corrected chi connectivity index (χ4v) is 1.23. The van der Waals surface area contributed by atoms with Crippen LogP contribution in [-0.4, -0.2) is 19.0 Å². The largest absolute Gasteiger partial charge is 0.381 e. The molecular formula is C12H24O2. The van der Waals surface area contributed by atoms with Gasteiger partial charge in [0.25, 0.3) is 0 Å². The summed E-state index contributed by atoms with van der Waals surface area (Å²) >= 11 is 0. The SMILES string of the molecule is CC(=O)CCCOCCCC(C)(C)C. The Morgan fingerprint density at radius 3 is 2.21 bits per heavy atom. The first-order valence-corrected chi connectivity index (χ1v) is 5.49. The summed E-state index contributed by atoms with van der Waals surface area (Å²) in [6, 6.07) is 0. The Hall–Kier alpha value is -0.370. The third kappa shape index (κ3) is 11.6. The van der Waals surface area contributed by atoms with Crippen LogP contribution in [0.4, 0.5) is 0 Å². The summed E-state index contributed by atoms with van der Waals surface area (Å²) in [7, 11) is 0. The van der Waals surface area contributed by atoms with Crippen LogP contribution in [0.25, 0.3) is 0 Å². The molecule has 0 spiro atoms. The van der Waals surface area contributed by atoms with Crippen LogP contribution < -0.4 is 0 Å². The maximum Gasteiger partial charge on any atom is 0.129 e. The second-order valence-electron chi connectivity index (χ2n) is 5.08. The Kier molecular flexibility index (Phi) is 6.81. The summed E-state index contributed by atoms with van der Waals surface area (Å²) < 4.78 is 5.43. The molecule has 0 saturated heterocycles. The van der Waals surface area contributed by atoms with Gasteiger partial charge in [-0.3, -0.25) is 0 Å². The van der Waals surface area contributed by atoms with Gasteiger partial charge in [-0.05, 0) is 31.6 Å². The van der Waals surface area contributed by atoms with E-state index in [2.05, 4.69) is 20.8 Å². The molecule has 2 nitrogen and oxygen atoms in total. The van der Waals surface area contributed by atoms with Gasteiger partial charge in [0.2, 0.25) is 0 Å². The second-order valence-corrected chi connectivity index (χ2v) is 5.08. The van der Waals surface area contributed by atoms with Crippen molar-refractivity contribution in [3.8, 4) is 0 Å². The van der Waals surface area contributed by atoms with Crippen molar-refractivity contribution in [2.45, 2.75) is 53.4 Å². The lowest BCUT2D eigenvalue weighted by molar-refractivity contribution is -0.117. The third-order valence-electron chi connectivity index (χ3n) is 2.03. The Morgan fingerprint density at radius 1 is 1.14 bits per heavy atom. The number of ether oxygens (including phenoxy) is 1. The fourth-order valence-electron chi connectivity index (χ4n) is 1.23. The zero-order valence-electron chi connectivity index (χ0n) is 10.1. The molecule has 0 aromatic rings. The maximum atomic E-state index is 10.6.